The van der Waals surface area contributed by atoms with Crippen molar-refractivity contribution in [3.8, 4) is 11.5 Å². The zero-order valence-electron chi connectivity index (χ0n) is 16.2. The van der Waals surface area contributed by atoms with Crippen molar-refractivity contribution < 1.29 is 19.5 Å². The Bertz CT molecular complexity index is 603. The lowest BCUT2D eigenvalue weighted by Gasteiger charge is -2.35. The molecule has 2 fully saturated rings. The summed E-state index contributed by atoms with van der Waals surface area (Å²) in [6.07, 6.45) is 4.19. The Kier molecular flexibility index (Phi) is 6.41. The van der Waals surface area contributed by atoms with Gasteiger partial charge < -0.3 is 19.6 Å². The van der Waals surface area contributed by atoms with Gasteiger partial charge in [0.05, 0.1) is 25.3 Å². The molecule has 0 saturated carbocycles. The molecule has 1 amide bonds. The zero-order chi connectivity index (χ0) is 18.5. The van der Waals surface area contributed by atoms with E-state index < -0.39 is 0 Å². The SMILES string of the molecule is CCOc1cccc(C[NH+]2CCC(C(=O)N3CCC(C)CC3)CC2)c1O. The molecule has 5 nitrogen and oxygen atoms in total. The van der Waals surface area contributed by atoms with Crippen LogP contribution in [0.5, 0.6) is 11.5 Å². The number of hydrogen-bond acceptors (Lipinski definition) is 3. The fourth-order valence-corrected chi connectivity index (χ4v) is 4.19. The summed E-state index contributed by atoms with van der Waals surface area (Å²) in [6, 6.07) is 5.71. The van der Waals surface area contributed by atoms with Crippen molar-refractivity contribution in [2.24, 2.45) is 11.8 Å². The van der Waals surface area contributed by atoms with Crippen molar-refractivity contribution >= 4 is 5.91 Å². The van der Waals surface area contributed by atoms with Crippen LogP contribution in [0.25, 0.3) is 0 Å². The second kappa shape index (κ2) is 8.76. The molecule has 0 atom stereocenters. The Morgan fingerprint density at radius 3 is 2.58 bits per heavy atom. The first kappa shape index (κ1) is 19.0. The number of nitrogens with one attached hydrogen (secondary N) is 1. The fraction of sp³-hybridized carbons (Fsp3) is 0.667. The predicted octanol–water partition coefficient (Wildman–Crippen LogP) is 1.84. The van der Waals surface area contributed by atoms with Crippen molar-refractivity contribution in [3.05, 3.63) is 23.8 Å². The summed E-state index contributed by atoms with van der Waals surface area (Å²) in [5.41, 5.74) is 0.931. The molecule has 2 aliphatic rings. The summed E-state index contributed by atoms with van der Waals surface area (Å²) in [6.45, 7) is 9.37. The maximum absolute atomic E-state index is 12.8. The van der Waals surface area contributed by atoms with Gasteiger partial charge in [0.25, 0.3) is 0 Å². The number of carbonyl (C=O) groups excluding carboxylic acids is 1. The summed E-state index contributed by atoms with van der Waals surface area (Å²) in [5, 5.41) is 10.4. The molecule has 0 aliphatic carbocycles. The minimum Gasteiger partial charge on any atom is -0.504 e. The number of ether oxygens (including phenoxy) is 1. The first-order valence-electron chi connectivity index (χ1n) is 10.1. The van der Waals surface area contributed by atoms with Gasteiger partial charge in [-0.25, -0.2) is 0 Å². The molecule has 2 aliphatic heterocycles. The summed E-state index contributed by atoms with van der Waals surface area (Å²) in [7, 11) is 0. The zero-order valence-corrected chi connectivity index (χ0v) is 16.2. The molecule has 1 aromatic carbocycles. The molecule has 3 rings (SSSR count). The van der Waals surface area contributed by atoms with Crippen LogP contribution >= 0.6 is 0 Å². The number of amides is 1. The number of aromatic hydroxyl groups is 1. The Morgan fingerprint density at radius 2 is 1.92 bits per heavy atom. The molecule has 0 radical (unpaired) electrons. The van der Waals surface area contributed by atoms with Gasteiger partial charge >= 0.3 is 0 Å². The quantitative estimate of drug-likeness (QED) is 0.842. The molecule has 5 heteroatoms. The molecule has 0 aromatic heterocycles. The van der Waals surface area contributed by atoms with Crippen LogP contribution in [0.15, 0.2) is 18.2 Å². The molecule has 0 bridgehead atoms. The largest absolute Gasteiger partial charge is 0.504 e. The van der Waals surface area contributed by atoms with Crippen molar-refractivity contribution in [2.45, 2.75) is 46.1 Å². The van der Waals surface area contributed by atoms with Crippen LogP contribution in [-0.4, -0.2) is 48.7 Å². The lowest BCUT2D eigenvalue weighted by atomic mass is 9.92. The second-order valence-electron chi connectivity index (χ2n) is 7.91. The maximum Gasteiger partial charge on any atom is 0.226 e. The van der Waals surface area contributed by atoms with Crippen LogP contribution in [0.2, 0.25) is 0 Å². The Morgan fingerprint density at radius 1 is 1.23 bits per heavy atom. The Balaban J connectivity index is 1.51. The predicted molar refractivity (Wildman–Crippen MR) is 101 cm³/mol. The normalized spacial score (nSPS) is 24.5. The van der Waals surface area contributed by atoms with Gasteiger partial charge in [-0.05, 0) is 37.8 Å². The highest BCUT2D eigenvalue weighted by Crippen LogP contribution is 2.29. The van der Waals surface area contributed by atoms with Gasteiger partial charge in [0.15, 0.2) is 11.5 Å². The minimum atomic E-state index is 0.190. The third kappa shape index (κ3) is 4.50. The van der Waals surface area contributed by atoms with E-state index in [1.165, 1.54) is 4.90 Å². The maximum atomic E-state index is 12.8. The van der Waals surface area contributed by atoms with Crippen LogP contribution in [-0.2, 0) is 11.3 Å². The first-order chi connectivity index (χ1) is 12.6. The highest BCUT2D eigenvalue weighted by molar-refractivity contribution is 5.79. The number of rotatable bonds is 5. The van der Waals surface area contributed by atoms with Gasteiger partial charge in [-0.2, -0.15) is 0 Å². The highest BCUT2D eigenvalue weighted by atomic mass is 16.5. The number of carbonyl (C=O) groups is 1. The average molecular weight is 362 g/mol. The third-order valence-electron chi connectivity index (χ3n) is 5.96. The van der Waals surface area contributed by atoms with Crippen LogP contribution < -0.4 is 9.64 Å². The fourth-order valence-electron chi connectivity index (χ4n) is 4.19. The van der Waals surface area contributed by atoms with Gasteiger partial charge in [0.1, 0.15) is 6.54 Å². The first-order valence-corrected chi connectivity index (χ1v) is 10.1. The summed E-state index contributed by atoms with van der Waals surface area (Å²) in [4.78, 5) is 16.3. The molecule has 144 valence electrons. The van der Waals surface area contributed by atoms with Gasteiger partial charge in [-0.1, -0.05) is 13.0 Å². The number of piperidine rings is 2. The van der Waals surface area contributed by atoms with E-state index in [0.29, 0.717) is 18.3 Å². The van der Waals surface area contributed by atoms with Gasteiger partial charge in [0, 0.05) is 31.8 Å². The standard InChI is InChI=1S/C21H32N2O3/c1-3-26-19-6-4-5-18(20(19)24)15-22-11-9-17(10-12-22)21(25)23-13-7-16(2)8-14-23/h4-6,16-17,24H,3,7-15H2,1-2H3/p+1. The number of benzene rings is 1. The van der Waals surface area contributed by atoms with Crippen LogP contribution in [0.4, 0.5) is 0 Å². The van der Waals surface area contributed by atoms with Crippen molar-refractivity contribution in [3.63, 3.8) is 0 Å². The van der Waals surface area contributed by atoms with E-state index in [4.69, 9.17) is 4.74 Å². The monoisotopic (exact) mass is 361 g/mol. The molecule has 2 heterocycles. The lowest BCUT2D eigenvalue weighted by Crippen LogP contribution is -3.11. The van der Waals surface area contributed by atoms with E-state index in [9.17, 15) is 9.90 Å². The average Bonchev–Trinajstić information content (AvgIpc) is 2.66. The molecular formula is C21H33N2O3+. The van der Waals surface area contributed by atoms with E-state index in [1.807, 2.05) is 25.1 Å². The van der Waals surface area contributed by atoms with Gasteiger partial charge in [-0.15, -0.1) is 0 Å². The van der Waals surface area contributed by atoms with Crippen LogP contribution in [0.1, 0.15) is 45.1 Å². The second-order valence-corrected chi connectivity index (χ2v) is 7.91. The Hall–Kier alpha value is -1.75. The number of phenols is 1. The molecule has 2 saturated heterocycles. The summed E-state index contributed by atoms with van der Waals surface area (Å²) >= 11 is 0. The van der Waals surface area contributed by atoms with E-state index in [-0.39, 0.29) is 11.7 Å². The summed E-state index contributed by atoms with van der Waals surface area (Å²) < 4.78 is 5.48. The van der Waals surface area contributed by atoms with E-state index in [2.05, 4.69) is 11.8 Å². The molecular weight excluding hydrogens is 328 g/mol. The molecule has 0 unspecified atom stereocenters. The van der Waals surface area contributed by atoms with E-state index in [0.717, 1.165) is 69.9 Å². The molecule has 26 heavy (non-hydrogen) atoms. The molecule has 1 aromatic rings. The highest BCUT2D eigenvalue weighted by Gasteiger charge is 2.32. The number of phenolic OH excluding ortho intramolecular Hbond substituents is 1. The van der Waals surface area contributed by atoms with Gasteiger partial charge in [-0.3, -0.25) is 4.79 Å². The number of hydrogen-bond donors (Lipinski definition) is 2. The van der Waals surface area contributed by atoms with Crippen molar-refractivity contribution in [1.29, 1.82) is 0 Å². The van der Waals surface area contributed by atoms with Crippen LogP contribution in [0, 0.1) is 11.8 Å². The van der Waals surface area contributed by atoms with Crippen molar-refractivity contribution in [2.75, 3.05) is 32.8 Å². The van der Waals surface area contributed by atoms with E-state index in [1.54, 1.807) is 0 Å². The third-order valence-corrected chi connectivity index (χ3v) is 5.96. The molecule has 0 spiro atoms. The number of nitrogens with zero attached hydrogens (tertiary/aromatic N) is 1. The number of quaternary nitrogens is 1. The Labute approximate surface area is 156 Å². The smallest absolute Gasteiger partial charge is 0.226 e. The van der Waals surface area contributed by atoms with Crippen molar-refractivity contribution in [1.82, 2.24) is 4.90 Å². The minimum absolute atomic E-state index is 0.190. The topological polar surface area (TPSA) is 54.2 Å². The van der Waals surface area contributed by atoms with E-state index >= 15 is 0 Å². The molecule has 2 N–H and O–H groups in total. The lowest BCUT2D eigenvalue weighted by molar-refractivity contribution is -0.919. The number of para-hydroxylation sites is 1. The van der Waals surface area contributed by atoms with Gasteiger partial charge in [0.2, 0.25) is 5.91 Å². The number of likely N-dealkylation sites (tertiary alicyclic amines) is 2. The van der Waals surface area contributed by atoms with Crippen LogP contribution in [0.3, 0.4) is 0 Å². The summed E-state index contributed by atoms with van der Waals surface area (Å²) in [5.74, 6) is 2.15.